The minimum atomic E-state index is 0. The maximum absolute atomic E-state index is 6.28. The van der Waals surface area contributed by atoms with Crippen molar-refractivity contribution in [2.45, 2.75) is 40.7 Å². The lowest BCUT2D eigenvalue weighted by Gasteiger charge is -2.15. The SMILES string of the molecule is CCOc1cc(CNCCC(C)C)cc(Cl)c1OCC.Cl. The topological polar surface area (TPSA) is 30.5 Å². The van der Waals surface area contributed by atoms with Crippen molar-refractivity contribution in [1.82, 2.24) is 5.32 Å². The summed E-state index contributed by atoms with van der Waals surface area (Å²) in [6.45, 7) is 11.3. The molecule has 3 nitrogen and oxygen atoms in total. The largest absolute Gasteiger partial charge is 0.490 e. The Kier molecular flexibility index (Phi) is 10.7. The normalized spacial score (nSPS) is 10.4. The Morgan fingerprint density at radius 2 is 1.81 bits per heavy atom. The molecule has 0 unspecified atom stereocenters. The summed E-state index contributed by atoms with van der Waals surface area (Å²) in [6.07, 6.45) is 1.17. The minimum Gasteiger partial charge on any atom is -0.490 e. The number of hydrogen-bond donors (Lipinski definition) is 1. The molecule has 0 aromatic heterocycles. The number of hydrogen-bond acceptors (Lipinski definition) is 3. The third-order valence-electron chi connectivity index (χ3n) is 2.89. The number of ether oxygens (including phenoxy) is 2. The van der Waals surface area contributed by atoms with E-state index in [0.717, 1.165) is 24.4 Å². The zero-order valence-corrected chi connectivity index (χ0v) is 14.9. The molecule has 1 aromatic carbocycles. The zero-order chi connectivity index (χ0) is 15.0. The van der Waals surface area contributed by atoms with Gasteiger partial charge in [0.25, 0.3) is 0 Å². The van der Waals surface area contributed by atoms with Gasteiger partial charge in [-0.3, -0.25) is 0 Å². The molecule has 122 valence electrons. The van der Waals surface area contributed by atoms with Gasteiger partial charge in [0.1, 0.15) is 0 Å². The van der Waals surface area contributed by atoms with Crippen molar-refractivity contribution in [3.63, 3.8) is 0 Å². The van der Waals surface area contributed by atoms with E-state index in [-0.39, 0.29) is 12.4 Å². The molecule has 0 saturated heterocycles. The maximum atomic E-state index is 6.28. The van der Waals surface area contributed by atoms with Crippen molar-refractivity contribution >= 4 is 24.0 Å². The lowest BCUT2D eigenvalue weighted by Crippen LogP contribution is -2.16. The molecule has 0 aliphatic carbocycles. The number of benzene rings is 1. The van der Waals surface area contributed by atoms with Gasteiger partial charge in [0, 0.05) is 6.54 Å². The highest BCUT2D eigenvalue weighted by Gasteiger charge is 2.12. The molecule has 0 spiro atoms. The third-order valence-corrected chi connectivity index (χ3v) is 3.17. The molecule has 0 amide bonds. The molecular weight excluding hydrogens is 309 g/mol. The summed E-state index contributed by atoms with van der Waals surface area (Å²) in [5, 5.41) is 4.04. The van der Waals surface area contributed by atoms with Crippen LogP contribution in [-0.4, -0.2) is 19.8 Å². The Bertz CT molecular complexity index is 412. The van der Waals surface area contributed by atoms with Crippen LogP contribution in [0.15, 0.2) is 12.1 Å². The van der Waals surface area contributed by atoms with Gasteiger partial charge in [-0.05, 0) is 50.4 Å². The predicted octanol–water partition coefficient (Wildman–Crippen LogP) is 4.69. The van der Waals surface area contributed by atoms with Crippen LogP contribution in [0.25, 0.3) is 0 Å². The van der Waals surface area contributed by atoms with E-state index in [1.54, 1.807) is 0 Å². The molecule has 0 fully saturated rings. The molecule has 0 saturated carbocycles. The van der Waals surface area contributed by atoms with E-state index in [4.69, 9.17) is 21.1 Å². The van der Waals surface area contributed by atoms with Gasteiger partial charge in [-0.2, -0.15) is 0 Å². The highest BCUT2D eigenvalue weighted by atomic mass is 35.5. The first-order valence-corrected chi connectivity index (χ1v) is 7.75. The Morgan fingerprint density at radius 1 is 1.14 bits per heavy atom. The first-order valence-electron chi connectivity index (χ1n) is 7.37. The van der Waals surface area contributed by atoms with Crippen LogP contribution in [-0.2, 0) is 6.54 Å². The van der Waals surface area contributed by atoms with Gasteiger partial charge in [0.15, 0.2) is 11.5 Å². The highest BCUT2D eigenvalue weighted by molar-refractivity contribution is 6.32. The van der Waals surface area contributed by atoms with Gasteiger partial charge in [-0.15, -0.1) is 12.4 Å². The molecule has 0 atom stereocenters. The molecule has 0 aliphatic heterocycles. The van der Waals surface area contributed by atoms with Gasteiger partial charge >= 0.3 is 0 Å². The highest BCUT2D eigenvalue weighted by Crippen LogP contribution is 2.36. The molecule has 21 heavy (non-hydrogen) atoms. The van der Waals surface area contributed by atoms with Crippen LogP contribution in [0.1, 0.15) is 39.7 Å². The minimum absolute atomic E-state index is 0. The van der Waals surface area contributed by atoms with Crippen LogP contribution < -0.4 is 14.8 Å². The van der Waals surface area contributed by atoms with Crippen LogP contribution in [0.3, 0.4) is 0 Å². The van der Waals surface area contributed by atoms with Crippen molar-refractivity contribution < 1.29 is 9.47 Å². The fraction of sp³-hybridized carbons (Fsp3) is 0.625. The Morgan fingerprint density at radius 3 is 2.38 bits per heavy atom. The molecule has 0 aliphatic rings. The molecule has 1 rings (SSSR count). The van der Waals surface area contributed by atoms with Crippen molar-refractivity contribution in [3.05, 3.63) is 22.7 Å². The van der Waals surface area contributed by atoms with Gasteiger partial charge in [-0.1, -0.05) is 25.4 Å². The van der Waals surface area contributed by atoms with Crippen molar-refractivity contribution in [2.24, 2.45) is 5.92 Å². The van der Waals surface area contributed by atoms with Crippen molar-refractivity contribution in [3.8, 4) is 11.5 Å². The Hall–Kier alpha value is -0.640. The van der Waals surface area contributed by atoms with E-state index in [2.05, 4.69) is 19.2 Å². The summed E-state index contributed by atoms with van der Waals surface area (Å²) in [6, 6.07) is 3.94. The second kappa shape index (κ2) is 11.0. The summed E-state index contributed by atoms with van der Waals surface area (Å²) in [5.74, 6) is 2.08. The fourth-order valence-electron chi connectivity index (χ4n) is 1.89. The summed E-state index contributed by atoms with van der Waals surface area (Å²) in [4.78, 5) is 0. The standard InChI is InChI=1S/C16H26ClNO2.ClH/c1-5-19-15-10-13(11-18-8-7-12(3)4)9-14(17)16(15)20-6-2;/h9-10,12,18H,5-8,11H2,1-4H3;1H. The number of halogens is 2. The van der Waals surface area contributed by atoms with Crippen LogP contribution in [0.4, 0.5) is 0 Å². The number of nitrogens with one attached hydrogen (secondary N) is 1. The van der Waals surface area contributed by atoms with Crippen LogP contribution in [0, 0.1) is 5.92 Å². The molecule has 0 bridgehead atoms. The van der Waals surface area contributed by atoms with Crippen LogP contribution in [0.5, 0.6) is 11.5 Å². The first kappa shape index (κ1) is 20.4. The monoisotopic (exact) mass is 335 g/mol. The lowest BCUT2D eigenvalue weighted by molar-refractivity contribution is 0.287. The van der Waals surface area contributed by atoms with E-state index in [1.165, 1.54) is 6.42 Å². The summed E-state index contributed by atoms with van der Waals surface area (Å²) < 4.78 is 11.2. The average Bonchev–Trinajstić information content (AvgIpc) is 2.39. The second-order valence-electron chi connectivity index (χ2n) is 5.13. The molecular formula is C16H27Cl2NO2. The smallest absolute Gasteiger partial charge is 0.179 e. The van der Waals surface area contributed by atoms with E-state index >= 15 is 0 Å². The van der Waals surface area contributed by atoms with E-state index in [0.29, 0.717) is 29.9 Å². The van der Waals surface area contributed by atoms with E-state index in [1.807, 2.05) is 26.0 Å². The quantitative estimate of drug-likeness (QED) is 0.663. The van der Waals surface area contributed by atoms with Crippen LogP contribution >= 0.6 is 24.0 Å². The average molecular weight is 336 g/mol. The maximum Gasteiger partial charge on any atom is 0.179 e. The summed E-state index contributed by atoms with van der Waals surface area (Å²) >= 11 is 6.28. The Balaban J connectivity index is 0.00000400. The predicted molar refractivity (Wildman–Crippen MR) is 92.2 cm³/mol. The summed E-state index contributed by atoms with van der Waals surface area (Å²) in [7, 11) is 0. The van der Waals surface area contributed by atoms with Gasteiger partial charge in [0.2, 0.25) is 0 Å². The van der Waals surface area contributed by atoms with Crippen molar-refractivity contribution in [1.29, 1.82) is 0 Å². The van der Waals surface area contributed by atoms with Gasteiger partial charge < -0.3 is 14.8 Å². The molecule has 0 heterocycles. The van der Waals surface area contributed by atoms with E-state index < -0.39 is 0 Å². The fourth-order valence-corrected chi connectivity index (χ4v) is 2.18. The molecule has 5 heteroatoms. The Labute approximate surface area is 139 Å². The number of rotatable bonds is 9. The summed E-state index contributed by atoms with van der Waals surface area (Å²) in [5.41, 5.74) is 1.12. The zero-order valence-electron chi connectivity index (χ0n) is 13.4. The van der Waals surface area contributed by atoms with Crippen LogP contribution in [0.2, 0.25) is 5.02 Å². The molecule has 1 aromatic rings. The lowest BCUT2D eigenvalue weighted by atomic mass is 10.1. The van der Waals surface area contributed by atoms with E-state index in [9.17, 15) is 0 Å². The third kappa shape index (κ3) is 7.25. The molecule has 1 N–H and O–H groups in total. The van der Waals surface area contributed by atoms with Gasteiger partial charge in [-0.25, -0.2) is 0 Å². The second-order valence-corrected chi connectivity index (χ2v) is 5.54. The van der Waals surface area contributed by atoms with Crippen molar-refractivity contribution in [2.75, 3.05) is 19.8 Å². The first-order chi connectivity index (χ1) is 9.58. The molecule has 0 radical (unpaired) electrons. The van der Waals surface area contributed by atoms with Gasteiger partial charge in [0.05, 0.1) is 18.2 Å².